The zero-order valence-corrected chi connectivity index (χ0v) is 17.4. The summed E-state index contributed by atoms with van der Waals surface area (Å²) in [5, 5.41) is 0. The van der Waals surface area contributed by atoms with Crippen molar-refractivity contribution < 1.29 is 18.0 Å². The summed E-state index contributed by atoms with van der Waals surface area (Å²) in [4.78, 5) is 27.6. The van der Waals surface area contributed by atoms with Gasteiger partial charge in [-0.1, -0.05) is 37.3 Å². The molecule has 4 rings (SSSR count). The van der Waals surface area contributed by atoms with Gasteiger partial charge in [-0.25, -0.2) is 12.7 Å². The maximum absolute atomic E-state index is 13.3. The monoisotopic (exact) mass is 412 g/mol. The van der Waals surface area contributed by atoms with Crippen molar-refractivity contribution in [1.82, 2.24) is 9.21 Å². The number of carbonyl (C=O) groups is 2. The summed E-state index contributed by atoms with van der Waals surface area (Å²) in [7, 11) is -3.89. The van der Waals surface area contributed by atoms with Crippen LogP contribution in [-0.2, 0) is 16.6 Å². The van der Waals surface area contributed by atoms with Crippen LogP contribution in [0, 0.1) is 0 Å². The molecule has 2 amide bonds. The Bertz CT molecular complexity index is 1060. The highest BCUT2D eigenvalue weighted by molar-refractivity contribution is 7.90. The van der Waals surface area contributed by atoms with Gasteiger partial charge in [0.05, 0.1) is 5.56 Å². The summed E-state index contributed by atoms with van der Waals surface area (Å²) in [5.74, 6) is -0.719. The van der Waals surface area contributed by atoms with Crippen LogP contribution >= 0.6 is 0 Å². The average Bonchev–Trinajstić information content (AvgIpc) is 3.53. The van der Waals surface area contributed by atoms with E-state index in [2.05, 4.69) is 0 Å². The Kier molecular flexibility index (Phi) is 4.94. The SMILES string of the molecule is CCC(C)N(Cc1ccccc1)C(=O)c1ccc2c(c1)S(=O)(=O)N(C1CC1)C2=O. The van der Waals surface area contributed by atoms with E-state index in [1.165, 1.54) is 12.1 Å². The number of carbonyl (C=O) groups excluding carboxylic acids is 2. The topological polar surface area (TPSA) is 74.8 Å². The fourth-order valence-electron chi connectivity index (χ4n) is 3.64. The molecule has 152 valence electrons. The van der Waals surface area contributed by atoms with Gasteiger partial charge in [-0.15, -0.1) is 0 Å². The molecular weight excluding hydrogens is 388 g/mol. The molecule has 0 bridgehead atoms. The maximum Gasteiger partial charge on any atom is 0.269 e. The van der Waals surface area contributed by atoms with E-state index in [0.717, 1.165) is 16.3 Å². The summed E-state index contributed by atoms with van der Waals surface area (Å²) in [6.45, 7) is 4.42. The summed E-state index contributed by atoms with van der Waals surface area (Å²) < 4.78 is 26.8. The van der Waals surface area contributed by atoms with Crippen molar-refractivity contribution in [3.63, 3.8) is 0 Å². The molecule has 1 aliphatic heterocycles. The molecule has 2 aliphatic rings. The van der Waals surface area contributed by atoms with Crippen LogP contribution < -0.4 is 0 Å². The Morgan fingerprint density at radius 2 is 1.86 bits per heavy atom. The minimum Gasteiger partial charge on any atom is -0.332 e. The third-order valence-electron chi connectivity index (χ3n) is 5.65. The number of hydrogen-bond acceptors (Lipinski definition) is 4. The second-order valence-electron chi connectivity index (χ2n) is 7.72. The first-order chi connectivity index (χ1) is 13.8. The molecule has 1 heterocycles. The van der Waals surface area contributed by atoms with Crippen LogP contribution in [0.4, 0.5) is 0 Å². The van der Waals surface area contributed by atoms with Gasteiger partial charge in [-0.3, -0.25) is 9.59 Å². The van der Waals surface area contributed by atoms with Crippen molar-refractivity contribution in [2.75, 3.05) is 0 Å². The highest BCUT2D eigenvalue weighted by Crippen LogP contribution is 2.39. The Hall–Kier alpha value is -2.67. The summed E-state index contributed by atoms with van der Waals surface area (Å²) in [6.07, 6.45) is 2.17. The predicted octanol–water partition coefficient (Wildman–Crippen LogP) is 3.43. The number of nitrogens with zero attached hydrogens (tertiary/aromatic N) is 2. The van der Waals surface area contributed by atoms with Gasteiger partial charge in [0.2, 0.25) is 0 Å². The van der Waals surface area contributed by atoms with Gasteiger partial charge in [-0.2, -0.15) is 0 Å². The Morgan fingerprint density at radius 3 is 2.48 bits per heavy atom. The molecule has 6 nitrogen and oxygen atoms in total. The zero-order valence-electron chi connectivity index (χ0n) is 16.5. The molecule has 1 aliphatic carbocycles. The number of sulfonamides is 1. The third kappa shape index (κ3) is 3.44. The quantitative estimate of drug-likeness (QED) is 0.728. The normalized spacial score (nSPS) is 18.4. The Balaban J connectivity index is 1.68. The number of hydrogen-bond donors (Lipinski definition) is 0. The highest BCUT2D eigenvalue weighted by Gasteiger charge is 2.48. The molecule has 2 aromatic carbocycles. The van der Waals surface area contributed by atoms with E-state index in [0.29, 0.717) is 19.4 Å². The lowest BCUT2D eigenvalue weighted by Gasteiger charge is -2.29. The van der Waals surface area contributed by atoms with E-state index in [1.54, 1.807) is 11.0 Å². The first-order valence-electron chi connectivity index (χ1n) is 9.92. The van der Waals surface area contributed by atoms with Gasteiger partial charge >= 0.3 is 0 Å². The lowest BCUT2D eigenvalue weighted by Crippen LogP contribution is -2.37. The van der Waals surface area contributed by atoms with Crippen molar-refractivity contribution in [2.45, 2.75) is 56.6 Å². The molecule has 29 heavy (non-hydrogen) atoms. The zero-order chi connectivity index (χ0) is 20.8. The van der Waals surface area contributed by atoms with Gasteiger partial charge in [-0.05, 0) is 49.9 Å². The number of fused-ring (bicyclic) bond motifs is 1. The standard InChI is InChI=1S/C22H24N2O4S/c1-3-15(2)23(14-16-7-5-4-6-8-16)21(25)17-9-12-19-20(13-17)29(27,28)24(22(19)26)18-10-11-18/h4-9,12-13,15,18H,3,10-11,14H2,1-2H3. The molecule has 0 N–H and O–H groups in total. The summed E-state index contributed by atoms with van der Waals surface area (Å²) in [6, 6.07) is 13.8. The number of rotatable bonds is 6. The van der Waals surface area contributed by atoms with E-state index < -0.39 is 15.9 Å². The lowest BCUT2D eigenvalue weighted by atomic mass is 10.1. The summed E-state index contributed by atoms with van der Waals surface area (Å²) in [5.41, 5.74) is 1.45. The van der Waals surface area contributed by atoms with Gasteiger partial charge in [0.15, 0.2) is 0 Å². The maximum atomic E-state index is 13.3. The second kappa shape index (κ2) is 7.30. The van der Waals surface area contributed by atoms with Gasteiger partial charge < -0.3 is 4.90 Å². The number of benzene rings is 2. The Labute approximate surface area is 171 Å². The smallest absolute Gasteiger partial charge is 0.269 e. The molecule has 2 aromatic rings. The predicted molar refractivity (Wildman–Crippen MR) is 109 cm³/mol. The van der Waals surface area contributed by atoms with E-state index in [9.17, 15) is 18.0 Å². The first kappa shape index (κ1) is 19.6. The largest absolute Gasteiger partial charge is 0.332 e. The van der Waals surface area contributed by atoms with E-state index in [-0.39, 0.29) is 34.0 Å². The minimum absolute atomic E-state index is 0.0165. The van der Waals surface area contributed by atoms with Crippen LogP contribution in [0.5, 0.6) is 0 Å². The first-order valence-corrected chi connectivity index (χ1v) is 11.4. The molecule has 1 unspecified atom stereocenters. The van der Waals surface area contributed by atoms with E-state index in [1.807, 2.05) is 44.2 Å². The van der Waals surface area contributed by atoms with Crippen LogP contribution in [0.3, 0.4) is 0 Å². The highest BCUT2D eigenvalue weighted by atomic mass is 32.2. The van der Waals surface area contributed by atoms with Crippen LogP contribution in [0.1, 0.15) is 59.4 Å². The van der Waals surface area contributed by atoms with Gasteiger partial charge in [0, 0.05) is 24.2 Å². The van der Waals surface area contributed by atoms with Crippen molar-refractivity contribution in [2.24, 2.45) is 0 Å². The van der Waals surface area contributed by atoms with Gasteiger partial charge in [0.1, 0.15) is 4.90 Å². The van der Waals surface area contributed by atoms with Crippen molar-refractivity contribution in [3.8, 4) is 0 Å². The summed E-state index contributed by atoms with van der Waals surface area (Å²) >= 11 is 0. The second-order valence-corrected chi connectivity index (χ2v) is 9.51. The van der Waals surface area contributed by atoms with Crippen molar-refractivity contribution in [1.29, 1.82) is 0 Å². The van der Waals surface area contributed by atoms with E-state index >= 15 is 0 Å². The van der Waals surface area contributed by atoms with Crippen molar-refractivity contribution >= 4 is 21.8 Å². The van der Waals surface area contributed by atoms with Crippen LogP contribution in [-0.4, -0.2) is 41.5 Å². The average molecular weight is 413 g/mol. The fourth-order valence-corrected chi connectivity index (χ4v) is 5.49. The molecule has 1 saturated carbocycles. The molecule has 1 fully saturated rings. The van der Waals surface area contributed by atoms with Crippen LogP contribution in [0.2, 0.25) is 0 Å². The third-order valence-corrected chi connectivity index (χ3v) is 7.53. The minimum atomic E-state index is -3.89. The molecule has 1 atom stereocenters. The molecule has 0 radical (unpaired) electrons. The molecule has 0 saturated heterocycles. The fraction of sp³-hybridized carbons (Fsp3) is 0.364. The van der Waals surface area contributed by atoms with Crippen LogP contribution in [0.15, 0.2) is 53.4 Å². The molecule has 0 spiro atoms. The lowest BCUT2D eigenvalue weighted by molar-refractivity contribution is 0.0670. The van der Waals surface area contributed by atoms with Crippen molar-refractivity contribution in [3.05, 3.63) is 65.2 Å². The molecule has 0 aromatic heterocycles. The number of amides is 2. The molecule has 7 heteroatoms. The van der Waals surface area contributed by atoms with Crippen LogP contribution in [0.25, 0.3) is 0 Å². The van der Waals surface area contributed by atoms with E-state index in [4.69, 9.17) is 0 Å². The van der Waals surface area contributed by atoms with Gasteiger partial charge in [0.25, 0.3) is 21.8 Å². The Morgan fingerprint density at radius 1 is 1.17 bits per heavy atom. The molecular formula is C22H24N2O4S.